The summed E-state index contributed by atoms with van der Waals surface area (Å²) in [4.78, 5) is 39.1. The third kappa shape index (κ3) is 6.18. The number of carbonyl (C=O) groups is 3. The van der Waals surface area contributed by atoms with Gasteiger partial charge in [-0.15, -0.1) is 0 Å². The normalized spacial score (nSPS) is 11.0. The van der Waals surface area contributed by atoms with Gasteiger partial charge in [0.2, 0.25) is 0 Å². The highest BCUT2D eigenvalue weighted by Gasteiger charge is 2.16. The van der Waals surface area contributed by atoms with Gasteiger partial charge >= 0.3 is 5.97 Å². The van der Waals surface area contributed by atoms with Crippen molar-refractivity contribution in [3.8, 4) is 11.1 Å². The quantitative estimate of drug-likeness (QED) is 0.602. The summed E-state index contributed by atoms with van der Waals surface area (Å²) in [5.41, 5.74) is 1.44. The van der Waals surface area contributed by atoms with Gasteiger partial charge in [0.15, 0.2) is 6.29 Å². The molecule has 1 N–H and O–H groups in total. The van der Waals surface area contributed by atoms with Gasteiger partial charge in [0, 0.05) is 28.9 Å². The number of amides is 1. The van der Waals surface area contributed by atoms with Crippen LogP contribution in [-0.4, -0.2) is 35.3 Å². The molecule has 0 atom stereocenters. The lowest BCUT2D eigenvalue weighted by atomic mass is 10.0. The number of aromatic nitrogens is 1. The fraction of sp³-hybridized carbons (Fsp3) is 0.300. The maximum absolute atomic E-state index is 12.1. The maximum atomic E-state index is 12.1. The van der Waals surface area contributed by atoms with Crippen LogP contribution in [0.3, 0.4) is 0 Å². The van der Waals surface area contributed by atoms with E-state index in [-0.39, 0.29) is 24.6 Å². The first-order chi connectivity index (χ1) is 12.7. The van der Waals surface area contributed by atoms with Gasteiger partial charge < -0.3 is 10.1 Å². The first kappa shape index (κ1) is 20.6. The van der Waals surface area contributed by atoms with Gasteiger partial charge in [-0.25, -0.2) is 0 Å². The first-order valence-corrected chi connectivity index (χ1v) is 8.78. The van der Waals surface area contributed by atoms with Crippen LogP contribution in [0.5, 0.6) is 0 Å². The van der Waals surface area contributed by atoms with Crippen molar-refractivity contribution >= 4 is 29.8 Å². The molecule has 0 bridgehead atoms. The van der Waals surface area contributed by atoms with Crippen molar-refractivity contribution in [2.24, 2.45) is 0 Å². The SMILES string of the molecule is CC(C)(C)OC(=O)CCNC(=O)c1ccc(-c2cc(Cl)ccc2C=O)cn1. The minimum atomic E-state index is -0.556. The van der Waals surface area contributed by atoms with Crippen LogP contribution in [0.1, 0.15) is 48.0 Å². The number of pyridine rings is 1. The Morgan fingerprint density at radius 2 is 1.96 bits per heavy atom. The van der Waals surface area contributed by atoms with Crippen LogP contribution in [-0.2, 0) is 9.53 Å². The predicted octanol–water partition coefficient (Wildman–Crippen LogP) is 3.68. The summed E-state index contributed by atoms with van der Waals surface area (Å²) in [7, 11) is 0. The highest BCUT2D eigenvalue weighted by molar-refractivity contribution is 6.31. The van der Waals surface area contributed by atoms with Crippen LogP contribution in [0.2, 0.25) is 5.02 Å². The molecule has 1 aromatic carbocycles. The number of hydrogen-bond acceptors (Lipinski definition) is 5. The summed E-state index contributed by atoms with van der Waals surface area (Å²) < 4.78 is 5.18. The summed E-state index contributed by atoms with van der Waals surface area (Å²) in [6.45, 7) is 5.50. The van der Waals surface area contributed by atoms with E-state index in [4.69, 9.17) is 16.3 Å². The Morgan fingerprint density at radius 1 is 1.22 bits per heavy atom. The zero-order valence-corrected chi connectivity index (χ0v) is 16.2. The topological polar surface area (TPSA) is 85.4 Å². The van der Waals surface area contributed by atoms with Gasteiger partial charge in [0.25, 0.3) is 5.91 Å². The Bertz CT molecular complexity index is 842. The number of rotatable bonds is 6. The van der Waals surface area contributed by atoms with E-state index in [0.29, 0.717) is 21.7 Å². The number of nitrogens with one attached hydrogen (secondary N) is 1. The molecule has 0 spiro atoms. The molecule has 0 fully saturated rings. The zero-order chi connectivity index (χ0) is 20.0. The molecule has 7 heteroatoms. The molecule has 1 heterocycles. The number of halogens is 1. The molecule has 0 aliphatic heterocycles. The van der Waals surface area contributed by atoms with Gasteiger partial charge in [0.1, 0.15) is 11.3 Å². The van der Waals surface area contributed by atoms with Crippen molar-refractivity contribution in [3.63, 3.8) is 0 Å². The average molecular weight is 389 g/mol. The van der Waals surface area contributed by atoms with Crippen molar-refractivity contribution in [2.45, 2.75) is 32.8 Å². The third-order valence-corrected chi connectivity index (χ3v) is 3.72. The number of esters is 1. The van der Waals surface area contributed by atoms with E-state index in [9.17, 15) is 14.4 Å². The van der Waals surface area contributed by atoms with E-state index in [2.05, 4.69) is 10.3 Å². The van der Waals surface area contributed by atoms with Crippen molar-refractivity contribution in [1.29, 1.82) is 0 Å². The van der Waals surface area contributed by atoms with Gasteiger partial charge in [-0.2, -0.15) is 0 Å². The summed E-state index contributed by atoms with van der Waals surface area (Å²) in [5, 5.41) is 3.13. The summed E-state index contributed by atoms with van der Waals surface area (Å²) >= 11 is 5.99. The molecule has 0 radical (unpaired) electrons. The highest BCUT2D eigenvalue weighted by atomic mass is 35.5. The van der Waals surface area contributed by atoms with E-state index in [1.165, 1.54) is 6.20 Å². The van der Waals surface area contributed by atoms with E-state index >= 15 is 0 Å². The average Bonchev–Trinajstić information content (AvgIpc) is 2.60. The lowest BCUT2D eigenvalue weighted by Gasteiger charge is -2.19. The molecule has 1 amide bonds. The smallest absolute Gasteiger partial charge is 0.308 e. The highest BCUT2D eigenvalue weighted by Crippen LogP contribution is 2.25. The Kier molecular flexibility index (Phi) is 6.69. The van der Waals surface area contributed by atoms with Crippen molar-refractivity contribution in [2.75, 3.05) is 6.54 Å². The Labute approximate surface area is 162 Å². The van der Waals surface area contributed by atoms with E-state index in [1.54, 1.807) is 51.1 Å². The van der Waals surface area contributed by atoms with Crippen LogP contribution in [0.25, 0.3) is 11.1 Å². The van der Waals surface area contributed by atoms with Crippen molar-refractivity contribution < 1.29 is 19.1 Å². The fourth-order valence-electron chi connectivity index (χ4n) is 2.33. The number of nitrogens with zero attached hydrogens (tertiary/aromatic N) is 1. The molecule has 2 rings (SSSR count). The van der Waals surface area contributed by atoms with E-state index in [0.717, 1.165) is 6.29 Å². The van der Waals surface area contributed by atoms with Crippen LogP contribution in [0.15, 0.2) is 36.5 Å². The monoisotopic (exact) mass is 388 g/mol. The molecular formula is C20H21ClN2O4. The van der Waals surface area contributed by atoms with E-state index < -0.39 is 11.5 Å². The van der Waals surface area contributed by atoms with E-state index in [1.807, 2.05) is 0 Å². The molecule has 27 heavy (non-hydrogen) atoms. The van der Waals surface area contributed by atoms with Crippen LogP contribution < -0.4 is 5.32 Å². The minimum Gasteiger partial charge on any atom is -0.460 e. The van der Waals surface area contributed by atoms with Gasteiger partial charge in [-0.3, -0.25) is 19.4 Å². The van der Waals surface area contributed by atoms with Gasteiger partial charge in [-0.05, 0) is 50.6 Å². The lowest BCUT2D eigenvalue weighted by Crippen LogP contribution is -2.30. The number of benzene rings is 1. The van der Waals surface area contributed by atoms with Gasteiger partial charge in [0.05, 0.1) is 6.42 Å². The molecule has 2 aromatic rings. The molecular weight excluding hydrogens is 368 g/mol. The lowest BCUT2D eigenvalue weighted by molar-refractivity contribution is -0.154. The summed E-state index contributed by atoms with van der Waals surface area (Å²) in [6, 6.07) is 8.17. The first-order valence-electron chi connectivity index (χ1n) is 8.41. The van der Waals surface area contributed by atoms with Crippen LogP contribution in [0, 0.1) is 0 Å². The largest absolute Gasteiger partial charge is 0.460 e. The molecule has 0 aliphatic rings. The minimum absolute atomic E-state index is 0.0757. The predicted molar refractivity (Wildman–Crippen MR) is 103 cm³/mol. The number of aldehydes is 1. The molecule has 0 saturated heterocycles. The number of hydrogen-bond donors (Lipinski definition) is 1. The third-order valence-electron chi connectivity index (χ3n) is 3.48. The Morgan fingerprint density at radius 3 is 2.56 bits per heavy atom. The fourth-order valence-corrected chi connectivity index (χ4v) is 2.50. The second kappa shape index (κ2) is 8.77. The second-order valence-electron chi connectivity index (χ2n) is 6.87. The van der Waals surface area contributed by atoms with Crippen LogP contribution >= 0.6 is 11.6 Å². The van der Waals surface area contributed by atoms with Crippen LogP contribution in [0.4, 0.5) is 0 Å². The Balaban J connectivity index is 1.99. The number of carbonyl (C=O) groups excluding carboxylic acids is 3. The second-order valence-corrected chi connectivity index (χ2v) is 7.31. The molecule has 6 nitrogen and oxygen atoms in total. The van der Waals surface area contributed by atoms with Gasteiger partial charge in [-0.1, -0.05) is 17.7 Å². The molecule has 142 valence electrons. The molecule has 0 unspecified atom stereocenters. The molecule has 0 saturated carbocycles. The maximum Gasteiger partial charge on any atom is 0.308 e. The zero-order valence-electron chi connectivity index (χ0n) is 15.4. The van der Waals surface area contributed by atoms with Crippen molar-refractivity contribution in [3.05, 3.63) is 52.8 Å². The standard InChI is InChI=1S/C20H21ClN2O4/c1-20(2,3)27-18(25)8-9-22-19(26)17-7-5-13(11-23-17)16-10-15(21)6-4-14(16)12-24/h4-7,10-12H,8-9H2,1-3H3,(H,22,26). The molecule has 1 aromatic heterocycles. The van der Waals surface area contributed by atoms with Crippen molar-refractivity contribution in [1.82, 2.24) is 10.3 Å². The summed E-state index contributed by atoms with van der Waals surface area (Å²) in [5.74, 6) is -0.778. The summed E-state index contributed by atoms with van der Waals surface area (Å²) in [6.07, 6.45) is 2.32. The Hall–Kier alpha value is -2.73. The molecule has 0 aliphatic carbocycles. The number of ether oxygens (including phenoxy) is 1.